The Bertz CT molecular complexity index is 1600. The molecule has 4 aromatic rings. The van der Waals surface area contributed by atoms with Crippen LogP contribution in [0.25, 0.3) is 0 Å². The molecule has 0 bridgehead atoms. The Hall–Kier alpha value is -3.18. The highest BCUT2D eigenvalue weighted by Crippen LogP contribution is 2.43. The van der Waals surface area contributed by atoms with Gasteiger partial charge in [0.1, 0.15) is 11.6 Å². The molecule has 0 aromatic heterocycles. The molecule has 0 unspecified atom stereocenters. The Labute approximate surface area is 283 Å². The number of nitrogens with zero attached hydrogens (tertiary/aromatic N) is 1. The van der Waals surface area contributed by atoms with Crippen LogP contribution >= 0.6 is 43.6 Å². The fourth-order valence-corrected chi connectivity index (χ4v) is 6.52. The summed E-state index contributed by atoms with van der Waals surface area (Å²) in [5.74, 6) is 1.95. The second-order valence-electron chi connectivity index (χ2n) is 10.5. The number of aliphatic hydroxyl groups excluding tert-OH is 1. The summed E-state index contributed by atoms with van der Waals surface area (Å²) in [6.07, 6.45) is 0.152. The van der Waals surface area contributed by atoms with Gasteiger partial charge in [-0.05, 0) is 71.3 Å². The molecule has 6 nitrogen and oxygen atoms in total. The van der Waals surface area contributed by atoms with Crippen molar-refractivity contribution in [1.82, 2.24) is 5.32 Å². The van der Waals surface area contributed by atoms with Crippen molar-refractivity contribution in [1.29, 1.82) is 0 Å². The van der Waals surface area contributed by atoms with E-state index in [4.69, 9.17) is 19.6 Å². The fraction of sp³-hybridized carbons (Fsp3) is 0.257. The first-order valence-electron chi connectivity index (χ1n) is 14.6. The minimum Gasteiger partial charge on any atom is -0.494 e. The number of ether oxygens (including phenoxy) is 2. The molecule has 0 radical (unpaired) electrons. The zero-order valence-corrected chi connectivity index (χ0v) is 28.4. The molecule has 1 heterocycles. The molecule has 234 valence electrons. The third kappa shape index (κ3) is 8.55. The number of thioether (sulfide) groups is 1. The number of halogens is 3. The average Bonchev–Trinajstić information content (AvgIpc) is 3.44. The summed E-state index contributed by atoms with van der Waals surface area (Å²) in [5, 5.41) is 12.2. The van der Waals surface area contributed by atoms with E-state index in [-0.39, 0.29) is 18.3 Å². The quantitative estimate of drug-likeness (QED) is 0.129. The predicted molar refractivity (Wildman–Crippen MR) is 184 cm³/mol. The number of hydrogen-bond donors (Lipinski definition) is 2. The smallest absolute Gasteiger partial charge is 0.252 e. The van der Waals surface area contributed by atoms with Crippen molar-refractivity contribution in [3.63, 3.8) is 0 Å². The Morgan fingerprint density at radius 3 is 2.44 bits per heavy atom. The lowest BCUT2D eigenvalue weighted by molar-refractivity contribution is -0.128. The third-order valence-electron chi connectivity index (χ3n) is 7.33. The molecule has 0 saturated heterocycles. The second-order valence-corrected chi connectivity index (χ2v) is 13.4. The van der Waals surface area contributed by atoms with Crippen molar-refractivity contribution in [3.8, 4) is 5.75 Å². The Kier molecular flexibility index (Phi) is 11.7. The van der Waals surface area contributed by atoms with Crippen LogP contribution in [-0.4, -0.2) is 48.0 Å². The van der Waals surface area contributed by atoms with Gasteiger partial charge in [-0.15, -0.1) is 0 Å². The van der Waals surface area contributed by atoms with Gasteiger partial charge in [0, 0.05) is 52.0 Å². The van der Waals surface area contributed by atoms with Gasteiger partial charge in [0.2, 0.25) is 5.90 Å². The number of rotatable bonds is 14. The van der Waals surface area contributed by atoms with Crippen LogP contribution in [0.2, 0.25) is 0 Å². The first kappa shape index (κ1) is 33.2. The highest BCUT2D eigenvalue weighted by molar-refractivity contribution is 9.10. The van der Waals surface area contributed by atoms with E-state index in [1.54, 1.807) is 23.9 Å². The van der Waals surface area contributed by atoms with Crippen LogP contribution in [-0.2, 0) is 21.7 Å². The molecule has 5 rings (SSSR count). The molecule has 10 heteroatoms. The van der Waals surface area contributed by atoms with Gasteiger partial charge in [0.05, 0.1) is 6.61 Å². The minimum atomic E-state index is -1.30. The largest absolute Gasteiger partial charge is 0.494 e. The van der Waals surface area contributed by atoms with E-state index in [2.05, 4.69) is 37.2 Å². The van der Waals surface area contributed by atoms with Gasteiger partial charge in [0.15, 0.2) is 11.6 Å². The van der Waals surface area contributed by atoms with Crippen LogP contribution in [0.5, 0.6) is 5.75 Å². The third-order valence-corrected chi connectivity index (χ3v) is 9.67. The molecular formula is C35H33Br2FN2O4S. The summed E-state index contributed by atoms with van der Waals surface area (Å²) < 4.78 is 27.4. The first-order chi connectivity index (χ1) is 21.9. The maximum absolute atomic E-state index is 14.4. The number of hydrogen-bond acceptors (Lipinski definition) is 6. The van der Waals surface area contributed by atoms with E-state index < -0.39 is 11.6 Å². The zero-order valence-electron chi connectivity index (χ0n) is 24.4. The number of carbonyl (C=O) groups excluding carboxylic acids is 1. The molecule has 2 N–H and O–H groups in total. The number of nitrogens with one attached hydrogen (secondary N) is 1. The number of amides is 1. The lowest BCUT2D eigenvalue weighted by Gasteiger charge is -2.31. The molecule has 1 aliphatic heterocycles. The van der Waals surface area contributed by atoms with Crippen LogP contribution in [0.1, 0.15) is 34.8 Å². The van der Waals surface area contributed by atoms with Gasteiger partial charge in [-0.3, -0.25) is 4.79 Å². The molecule has 0 fully saturated rings. The van der Waals surface area contributed by atoms with E-state index in [1.807, 2.05) is 72.8 Å². The number of aliphatic hydroxyl groups is 1. The monoisotopic (exact) mass is 754 g/mol. The molecule has 0 aliphatic carbocycles. The van der Waals surface area contributed by atoms with E-state index in [0.717, 1.165) is 31.2 Å². The van der Waals surface area contributed by atoms with Crippen LogP contribution < -0.4 is 10.1 Å². The van der Waals surface area contributed by atoms with Crippen molar-refractivity contribution in [2.75, 3.05) is 25.5 Å². The maximum atomic E-state index is 14.4. The zero-order chi connectivity index (χ0) is 31.6. The Balaban J connectivity index is 1.43. The normalized spacial score (nSPS) is 17.4. The maximum Gasteiger partial charge on any atom is 0.252 e. The van der Waals surface area contributed by atoms with Crippen molar-refractivity contribution >= 4 is 55.4 Å². The molecular weight excluding hydrogens is 723 g/mol. The van der Waals surface area contributed by atoms with Crippen LogP contribution in [0.4, 0.5) is 4.39 Å². The minimum absolute atomic E-state index is 0.0643. The molecule has 0 spiro atoms. The van der Waals surface area contributed by atoms with Crippen LogP contribution in [0, 0.1) is 5.82 Å². The van der Waals surface area contributed by atoms with E-state index in [0.29, 0.717) is 49.1 Å². The molecule has 1 amide bonds. The van der Waals surface area contributed by atoms with Crippen LogP contribution in [0.3, 0.4) is 0 Å². The van der Waals surface area contributed by atoms with Gasteiger partial charge in [-0.2, -0.15) is 11.8 Å². The van der Waals surface area contributed by atoms with E-state index in [1.165, 1.54) is 12.1 Å². The highest BCUT2D eigenvalue weighted by atomic mass is 79.9. The summed E-state index contributed by atoms with van der Waals surface area (Å²) in [6.45, 7) is 0.908. The molecule has 4 aromatic carbocycles. The first-order valence-corrected chi connectivity index (χ1v) is 17.3. The topological polar surface area (TPSA) is 80.2 Å². The standard InChI is InChI=1S/C35H33Br2FN2O4S/c36-28-12-8-25(9-13-28)32-35(22-27-4-1-2-5-31(27)37,34(42)39-18-21-45-23-24-6-14-29(38)15-7-24)40-33(44-32)26-10-16-30(17-11-26)43-20-3-19-41/h1-2,4-17,32,41H,3,18-23H2,(H,39,42)/t32-,35-/m1/s1. The van der Waals surface area contributed by atoms with Gasteiger partial charge >= 0.3 is 0 Å². The molecule has 1 aliphatic rings. The summed E-state index contributed by atoms with van der Waals surface area (Å²) in [5.41, 5.74) is 2.21. The van der Waals surface area contributed by atoms with Gasteiger partial charge in [0.25, 0.3) is 5.91 Å². The summed E-state index contributed by atoms with van der Waals surface area (Å²) >= 11 is 8.86. The SMILES string of the molecule is O=C(NCCSCc1ccc(F)cc1)[C@]1(Cc2ccccc2Br)N=C(c2ccc(OCCCO)cc2)O[C@@H]1c1ccc(Br)cc1. The Morgan fingerprint density at radius 2 is 1.73 bits per heavy atom. The molecule has 0 saturated carbocycles. The predicted octanol–water partition coefficient (Wildman–Crippen LogP) is 7.66. The van der Waals surface area contributed by atoms with Gasteiger partial charge in [-0.25, -0.2) is 9.38 Å². The number of carbonyl (C=O) groups is 1. The molecule has 2 atom stereocenters. The van der Waals surface area contributed by atoms with Crippen molar-refractivity contribution < 1.29 is 23.8 Å². The number of aliphatic imine (C=N–C) groups is 1. The summed E-state index contributed by atoms with van der Waals surface area (Å²) in [6, 6.07) is 29.5. The summed E-state index contributed by atoms with van der Waals surface area (Å²) in [7, 11) is 0. The lowest BCUT2D eigenvalue weighted by Crippen LogP contribution is -2.50. The fourth-order valence-electron chi connectivity index (χ4n) is 5.01. The van der Waals surface area contributed by atoms with E-state index >= 15 is 0 Å². The van der Waals surface area contributed by atoms with Crippen molar-refractivity contribution in [2.45, 2.75) is 30.2 Å². The highest BCUT2D eigenvalue weighted by Gasteiger charge is 2.53. The average molecular weight is 757 g/mol. The van der Waals surface area contributed by atoms with Gasteiger partial charge in [-0.1, -0.05) is 74.3 Å². The van der Waals surface area contributed by atoms with Crippen LogP contribution in [0.15, 0.2) is 111 Å². The van der Waals surface area contributed by atoms with E-state index in [9.17, 15) is 9.18 Å². The second kappa shape index (κ2) is 15.9. The number of benzene rings is 4. The van der Waals surface area contributed by atoms with Gasteiger partial charge < -0.3 is 19.9 Å². The van der Waals surface area contributed by atoms with Crippen molar-refractivity contribution in [2.24, 2.45) is 4.99 Å². The molecule has 45 heavy (non-hydrogen) atoms. The summed E-state index contributed by atoms with van der Waals surface area (Å²) in [4.78, 5) is 19.5. The Morgan fingerprint density at radius 1 is 1.00 bits per heavy atom. The lowest BCUT2D eigenvalue weighted by atomic mass is 9.82. The van der Waals surface area contributed by atoms with Crippen molar-refractivity contribution in [3.05, 3.63) is 134 Å².